The second kappa shape index (κ2) is 13.9. The van der Waals surface area contributed by atoms with E-state index in [9.17, 15) is 0 Å². The predicted octanol–water partition coefficient (Wildman–Crippen LogP) is 15.2. The van der Waals surface area contributed by atoms with E-state index in [4.69, 9.17) is 0 Å². The standard InChI is InChI=1S/C57H39N/c1-2-19-44(20-3-1)57(55-29-10-8-25-53(55)54-26-9-11-30-56(54)57)45-21-14-22-48(39-45)58(46-35-31-42(32-36-46)51-27-12-17-40-15-4-6-23-49(40)51)47-37-33-43(34-38-47)52-28-13-18-41-16-5-7-24-50(41)52/h1-39H. The Labute approximate surface area is 339 Å². The van der Waals surface area contributed by atoms with Crippen molar-refractivity contribution in [1.29, 1.82) is 0 Å². The van der Waals surface area contributed by atoms with Gasteiger partial charge in [0.05, 0.1) is 5.41 Å². The molecule has 0 spiro atoms. The van der Waals surface area contributed by atoms with Gasteiger partial charge in [0.2, 0.25) is 0 Å². The Morgan fingerprint density at radius 3 is 1.24 bits per heavy atom. The summed E-state index contributed by atoms with van der Waals surface area (Å²) in [6, 6.07) is 86.8. The third kappa shape index (κ3) is 5.39. The van der Waals surface area contributed by atoms with Crippen LogP contribution in [0.1, 0.15) is 22.3 Å². The van der Waals surface area contributed by atoms with E-state index in [0.29, 0.717) is 0 Å². The number of anilines is 3. The molecule has 0 amide bonds. The Balaban J connectivity index is 1.09. The third-order valence-electron chi connectivity index (χ3n) is 12.1. The molecule has 1 aliphatic carbocycles. The van der Waals surface area contributed by atoms with Crippen LogP contribution in [0.5, 0.6) is 0 Å². The van der Waals surface area contributed by atoms with Crippen LogP contribution in [0.25, 0.3) is 54.9 Å². The molecule has 0 aliphatic heterocycles. The lowest BCUT2D eigenvalue weighted by Gasteiger charge is -2.35. The van der Waals surface area contributed by atoms with Gasteiger partial charge in [-0.05, 0) is 114 Å². The minimum Gasteiger partial charge on any atom is -0.310 e. The zero-order chi connectivity index (χ0) is 38.5. The van der Waals surface area contributed by atoms with Crippen molar-refractivity contribution >= 4 is 38.6 Å². The highest BCUT2D eigenvalue weighted by Gasteiger charge is 2.46. The Hall–Kier alpha value is -7.48. The van der Waals surface area contributed by atoms with E-state index < -0.39 is 5.41 Å². The van der Waals surface area contributed by atoms with Crippen molar-refractivity contribution in [3.8, 4) is 33.4 Å². The van der Waals surface area contributed by atoms with Gasteiger partial charge in [0.15, 0.2) is 0 Å². The first-order valence-electron chi connectivity index (χ1n) is 20.1. The minimum atomic E-state index is -0.493. The van der Waals surface area contributed by atoms with E-state index in [1.807, 2.05) is 0 Å². The molecular formula is C57H39N. The highest BCUT2D eigenvalue weighted by atomic mass is 15.1. The molecule has 0 aromatic heterocycles. The monoisotopic (exact) mass is 737 g/mol. The van der Waals surface area contributed by atoms with Gasteiger partial charge < -0.3 is 4.90 Å². The largest absolute Gasteiger partial charge is 0.310 e. The first-order valence-corrected chi connectivity index (χ1v) is 20.1. The average Bonchev–Trinajstić information content (AvgIpc) is 3.61. The number of hydrogen-bond donors (Lipinski definition) is 0. The lowest BCUT2D eigenvalue weighted by Crippen LogP contribution is -2.28. The van der Waals surface area contributed by atoms with Crippen LogP contribution in [-0.4, -0.2) is 0 Å². The fourth-order valence-electron chi connectivity index (χ4n) is 9.57. The van der Waals surface area contributed by atoms with Gasteiger partial charge in [-0.25, -0.2) is 0 Å². The van der Waals surface area contributed by atoms with Gasteiger partial charge in [0.1, 0.15) is 0 Å². The van der Waals surface area contributed by atoms with Crippen LogP contribution in [0.4, 0.5) is 17.1 Å². The van der Waals surface area contributed by atoms with Gasteiger partial charge in [0.25, 0.3) is 0 Å². The van der Waals surface area contributed by atoms with Crippen LogP contribution in [-0.2, 0) is 5.41 Å². The molecule has 1 nitrogen and oxygen atoms in total. The van der Waals surface area contributed by atoms with Gasteiger partial charge >= 0.3 is 0 Å². The zero-order valence-corrected chi connectivity index (χ0v) is 32.0. The highest BCUT2D eigenvalue weighted by molar-refractivity contribution is 5.98. The summed E-state index contributed by atoms with van der Waals surface area (Å²) >= 11 is 0. The topological polar surface area (TPSA) is 3.24 Å². The van der Waals surface area contributed by atoms with E-state index in [0.717, 1.165) is 17.1 Å². The summed E-state index contributed by atoms with van der Waals surface area (Å²) in [5, 5.41) is 5.01. The van der Waals surface area contributed by atoms with Crippen molar-refractivity contribution in [2.24, 2.45) is 0 Å². The molecule has 11 rings (SSSR count). The molecule has 10 aromatic carbocycles. The molecule has 0 saturated carbocycles. The molecule has 0 saturated heterocycles. The normalized spacial score (nSPS) is 12.6. The molecule has 0 bridgehead atoms. The molecule has 0 N–H and O–H groups in total. The molecule has 0 radical (unpaired) electrons. The van der Waals surface area contributed by atoms with E-state index in [1.54, 1.807) is 0 Å². The molecule has 10 aromatic rings. The lowest BCUT2D eigenvalue weighted by molar-refractivity contribution is 0.768. The van der Waals surface area contributed by atoms with Crippen LogP contribution in [0.3, 0.4) is 0 Å². The van der Waals surface area contributed by atoms with Crippen molar-refractivity contribution in [2.45, 2.75) is 5.41 Å². The van der Waals surface area contributed by atoms with Crippen molar-refractivity contribution in [2.75, 3.05) is 4.90 Å². The van der Waals surface area contributed by atoms with Crippen molar-refractivity contribution in [1.82, 2.24) is 0 Å². The Kier molecular flexibility index (Phi) is 8.12. The number of benzene rings is 10. The lowest BCUT2D eigenvalue weighted by atomic mass is 9.67. The van der Waals surface area contributed by atoms with Crippen LogP contribution in [0.2, 0.25) is 0 Å². The SMILES string of the molecule is c1ccc(C2(c3cccc(N(c4ccc(-c5cccc6ccccc56)cc4)c4ccc(-c5cccc6ccccc56)cc4)c3)c3ccccc3-c3ccccc32)cc1. The predicted molar refractivity (Wildman–Crippen MR) is 244 cm³/mol. The summed E-state index contributed by atoms with van der Waals surface area (Å²) < 4.78 is 0. The first-order chi connectivity index (χ1) is 28.8. The number of rotatable bonds is 7. The summed E-state index contributed by atoms with van der Waals surface area (Å²) in [4.78, 5) is 2.41. The maximum absolute atomic E-state index is 2.42. The number of nitrogens with zero attached hydrogens (tertiary/aromatic N) is 1. The molecule has 0 unspecified atom stereocenters. The molecular weight excluding hydrogens is 699 g/mol. The van der Waals surface area contributed by atoms with Gasteiger partial charge in [-0.2, -0.15) is 0 Å². The van der Waals surface area contributed by atoms with Crippen LogP contribution in [0, 0.1) is 0 Å². The maximum atomic E-state index is 2.42. The molecule has 58 heavy (non-hydrogen) atoms. The first kappa shape index (κ1) is 33.8. The fourth-order valence-corrected chi connectivity index (χ4v) is 9.57. The molecule has 1 aliphatic rings. The van der Waals surface area contributed by atoms with Crippen molar-refractivity contribution < 1.29 is 0 Å². The maximum Gasteiger partial charge on any atom is 0.0714 e. The summed E-state index contributed by atoms with van der Waals surface area (Å²) in [5.74, 6) is 0. The van der Waals surface area contributed by atoms with Crippen molar-refractivity contribution in [3.05, 3.63) is 259 Å². The number of hydrogen-bond acceptors (Lipinski definition) is 1. The Bertz CT molecular complexity index is 2930. The zero-order valence-electron chi connectivity index (χ0n) is 32.0. The highest BCUT2D eigenvalue weighted by Crippen LogP contribution is 2.56. The van der Waals surface area contributed by atoms with Gasteiger partial charge in [-0.15, -0.1) is 0 Å². The molecule has 0 heterocycles. The van der Waals surface area contributed by atoms with E-state index in [-0.39, 0.29) is 0 Å². The smallest absolute Gasteiger partial charge is 0.0714 e. The van der Waals surface area contributed by atoms with Crippen LogP contribution < -0.4 is 4.90 Å². The summed E-state index contributed by atoms with van der Waals surface area (Å²) in [6.07, 6.45) is 0. The second-order valence-corrected chi connectivity index (χ2v) is 15.2. The van der Waals surface area contributed by atoms with Crippen LogP contribution >= 0.6 is 0 Å². The summed E-state index contributed by atoms with van der Waals surface area (Å²) in [6.45, 7) is 0. The van der Waals surface area contributed by atoms with E-state index in [2.05, 4.69) is 241 Å². The van der Waals surface area contributed by atoms with Gasteiger partial charge in [-0.1, -0.05) is 200 Å². The van der Waals surface area contributed by atoms with Gasteiger partial charge in [-0.3, -0.25) is 0 Å². The number of fused-ring (bicyclic) bond motifs is 5. The minimum absolute atomic E-state index is 0.493. The molecule has 0 atom stereocenters. The van der Waals surface area contributed by atoms with Crippen molar-refractivity contribution in [3.63, 3.8) is 0 Å². The van der Waals surface area contributed by atoms with E-state index in [1.165, 1.54) is 77.2 Å². The fraction of sp³-hybridized carbons (Fsp3) is 0.0175. The third-order valence-corrected chi connectivity index (χ3v) is 12.1. The average molecular weight is 738 g/mol. The van der Waals surface area contributed by atoms with Gasteiger partial charge in [0, 0.05) is 17.1 Å². The molecule has 0 fully saturated rings. The Morgan fingerprint density at radius 1 is 0.276 bits per heavy atom. The summed E-state index contributed by atoms with van der Waals surface area (Å²) in [5.41, 5.74) is 15.4. The summed E-state index contributed by atoms with van der Waals surface area (Å²) in [7, 11) is 0. The molecule has 272 valence electrons. The Morgan fingerprint density at radius 2 is 0.690 bits per heavy atom. The van der Waals surface area contributed by atoms with Crippen LogP contribution in [0.15, 0.2) is 237 Å². The second-order valence-electron chi connectivity index (χ2n) is 15.2. The quantitative estimate of drug-likeness (QED) is 0.157. The molecule has 1 heteroatoms. The van der Waals surface area contributed by atoms with E-state index >= 15 is 0 Å².